The summed E-state index contributed by atoms with van der Waals surface area (Å²) in [6.45, 7) is 10.8. The highest BCUT2D eigenvalue weighted by Crippen LogP contribution is 2.14. The summed E-state index contributed by atoms with van der Waals surface area (Å²) in [5, 5.41) is 3.53. The molecule has 0 amide bonds. The van der Waals surface area contributed by atoms with E-state index in [0.29, 0.717) is 6.04 Å². The fourth-order valence-electron chi connectivity index (χ4n) is 2.45. The number of ether oxygens (including phenoxy) is 1. The first-order valence-corrected chi connectivity index (χ1v) is 7.54. The number of nitrogens with one attached hydrogen (secondary N) is 1. The topological polar surface area (TPSA) is 24.5 Å². The predicted octanol–water partition coefficient (Wildman–Crippen LogP) is 3.29. The van der Waals surface area contributed by atoms with Crippen molar-refractivity contribution in [1.82, 2.24) is 4.90 Å². The number of hydrogen-bond acceptors (Lipinski definition) is 3. The zero-order valence-corrected chi connectivity index (χ0v) is 12.5. The van der Waals surface area contributed by atoms with Crippen LogP contribution in [0.4, 0.5) is 5.69 Å². The molecule has 20 heavy (non-hydrogen) atoms. The third kappa shape index (κ3) is 4.99. The Morgan fingerprint density at radius 2 is 2.00 bits per heavy atom. The van der Waals surface area contributed by atoms with Gasteiger partial charge in [-0.15, -0.1) is 6.58 Å². The van der Waals surface area contributed by atoms with Crippen molar-refractivity contribution >= 4 is 5.69 Å². The van der Waals surface area contributed by atoms with Crippen molar-refractivity contribution in [3.05, 3.63) is 42.5 Å². The van der Waals surface area contributed by atoms with Gasteiger partial charge in [-0.05, 0) is 37.5 Å². The Bertz CT molecular complexity index is 396. The highest BCUT2D eigenvalue weighted by atomic mass is 16.5. The molecule has 1 aliphatic rings. The van der Waals surface area contributed by atoms with Crippen LogP contribution >= 0.6 is 0 Å². The normalized spacial score (nSPS) is 17.6. The summed E-state index contributed by atoms with van der Waals surface area (Å²) in [6, 6.07) is 9.29. The maximum Gasteiger partial charge on any atom is 0.0594 e. The molecule has 1 atom stereocenters. The fourth-order valence-corrected chi connectivity index (χ4v) is 2.45. The Labute approximate surface area is 122 Å². The maximum absolute atomic E-state index is 5.37. The van der Waals surface area contributed by atoms with Gasteiger partial charge in [0.15, 0.2) is 0 Å². The minimum Gasteiger partial charge on any atom is -0.383 e. The molecule has 0 saturated carbocycles. The lowest BCUT2D eigenvalue weighted by atomic mass is 10.1. The van der Waals surface area contributed by atoms with Crippen LogP contribution in [0.1, 0.15) is 25.3 Å². The second kappa shape index (κ2) is 8.08. The molecule has 1 saturated heterocycles. The Kier molecular flexibility index (Phi) is 6.09. The number of benzene rings is 1. The number of allylic oxidation sites excluding steroid dienone is 1. The van der Waals surface area contributed by atoms with Gasteiger partial charge in [0.1, 0.15) is 0 Å². The molecule has 0 spiro atoms. The first-order chi connectivity index (χ1) is 9.78. The molecule has 1 heterocycles. The Morgan fingerprint density at radius 1 is 1.30 bits per heavy atom. The monoisotopic (exact) mass is 274 g/mol. The molecule has 2 rings (SSSR count). The van der Waals surface area contributed by atoms with Crippen molar-refractivity contribution < 1.29 is 4.74 Å². The first kappa shape index (κ1) is 15.1. The average molecular weight is 274 g/mol. The van der Waals surface area contributed by atoms with E-state index in [2.05, 4.69) is 48.0 Å². The SMILES string of the molecule is C=CCCC(C)Nc1ccc(CN2CCOCC2)cc1. The van der Waals surface area contributed by atoms with Crippen LogP contribution < -0.4 is 5.32 Å². The summed E-state index contributed by atoms with van der Waals surface area (Å²) in [7, 11) is 0. The van der Waals surface area contributed by atoms with E-state index in [-0.39, 0.29) is 0 Å². The van der Waals surface area contributed by atoms with Crippen molar-refractivity contribution in [3.8, 4) is 0 Å². The van der Waals surface area contributed by atoms with Gasteiger partial charge < -0.3 is 10.1 Å². The zero-order valence-electron chi connectivity index (χ0n) is 12.5. The molecular weight excluding hydrogens is 248 g/mol. The largest absolute Gasteiger partial charge is 0.383 e. The standard InChI is InChI=1S/C17H26N2O/c1-3-4-5-15(2)18-17-8-6-16(7-9-17)14-19-10-12-20-13-11-19/h3,6-9,15,18H,1,4-5,10-14H2,2H3. The lowest BCUT2D eigenvalue weighted by Crippen LogP contribution is -2.35. The van der Waals surface area contributed by atoms with Gasteiger partial charge in [-0.3, -0.25) is 4.90 Å². The molecule has 1 N–H and O–H groups in total. The summed E-state index contributed by atoms with van der Waals surface area (Å²) in [5.74, 6) is 0. The quantitative estimate of drug-likeness (QED) is 0.772. The lowest BCUT2D eigenvalue weighted by molar-refractivity contribution is 0.0342. The van der Waals surface area contributed by atoms with Gasteiger partial charge in [0.2, 0.25) is 0 Å². The number of nitrogens with zero attached hydrogens (tertiary/aromatic N) is 1. The molecule has 3 nitrogen and oxygen atoms in total. The van der Waals surface area contributed by atoms with Crippen LogP contribution in [0.3, 0.4) is 0 Å². The van der Waals surface area contributed by atoms with E-state index in [1.807, 2.05) is 6.08 Å². The molecule has 1 aromatic rings. The average Bonchev–Trinajstić information content (AvgIpc) is 2.48. The number of hydrogen-bond donors (Lipinski definition) is 1. The number of anilines is 1. The van der Waals surface area contributed by atoms with E-state index >= 15 is 0 Å². The van der Waals surface area contributed by atoms with E-state index in [4.69, 9.17) is 4.74 Å². The van der Waals surface area contributed by atoms with Gasteiger partial charge in [0.25, 0.3) is 0 Å². The van der Waals surface area contributed by atoms with Crippen molar-refractivity contribution in [1.29, 1.82) is 0 Å². The molecule has 0 bridgehead atoms. The number of morpholine rings is 1. The van der Waals surface area contributed by atoms with Gasteiger partial charge in [-0.2, -0.15) is 0 Å². The van der Waals surface area contributed by atoms with Gasteiger partial charge >= 0.3 is 0 Å². The second-order valence-corrected chi connectivity index (χ2v) is 5.50. The van der Waals surface area contributed by atoms with Crippen molar-refractivity contribution in [3.63, 3.8) is 0 Å². The van der Waals surface area contributed by atoms with Crippen molar-refractivity contribution in [2.45, 2.75) is 32.4 Å². The molecule has 110 valence electrons. The third-order valence-corrected chi connectivity index (χ3v) is 3.68. The first-order valence-electron chi connectivity index (χ1n) is 7.54. The zero-order chi connectivity index (χ0) is 14.2. The van der Waals surface area contributed by atoms with E-state index in [0.717, 1.165) is 45.7 Å². The van der Waals surface area contributed by atoms with E-state index in [1.165, 1.54) is 11.3 Å². The molecule has 1 aromatic carbocycles. The minimum atomic E-state index is 0.484. The van der Waals surface area contributed by atoms with Crippen molar-refractivity contribution in [2.75, 3.05) is 31.6 Å². The van der Waals surface area contributed by atoms with Crippen LogP contribution in [0.5, 0.6) is 0 Å². The van der Waals surface area contributed by atoms with Gasteiger partial charge in [-0.1, -0.05) is 18.2 Å². The summed E-state index contributed by atoms with van der Waals surface area (Å²) in [6.07, 6.45) is 4.16. The molecule has 1 unspecified atom stereocenters. The third-order valence-electron chi connectivity index (χ3n) is 3.68. The molecule has 0 radical (unpaired) electrons. The summed E-state index contributed by atoms with van der Waals surface area (Å²) < 4.78 is 5.37. The van der Waals surface area contributed by atoms with Gasteiger partial charge in [-0.25, -0.2) is 0 Å². The molecule has 0 aliphatic carbocycles. The molecule has 3 heteroatoms. The molecule has 0 aromatic heterocycles. The maximum atomic E-state index is 5.37. The molecule has 1 aliphatic heterocycles. The highest BCUT2D eigenvalue weighted by molar-refractivity contribution is 5.45. The van der Waals surface area contributed by atoms with E-state index < -0.39 is 0 Å². The molecular formula is C17H26N2O. The predicted molar refractivity (Wildman–Crippen MR) is 85.1 cm³/mol. The van der Waals surface area contributed by atoms with Gasteiger partial charge in [0.05, 0.1) is 13.2 Å². The minimum absolute atomic E-state index is 0.484. The van der Waals surface area contributed by atoms with E-state index in [1.54, 1.807) is 0 Å². The van der Waals surface area contributed by atoms with Crippen LogP contribution in [-0.2, 0) is 11.3 Å². The number of rotatable bonds is 7. The van der Waals surface area contributed by atoms with Crippen LogP contribution in [0, 0.1) is 0 Å². The van der Waals surface area contributed by atoms with Crippen LogP contribution in [-0.4, -0.2) is 37.2 Å². The van der Waals surface area contributed by atoms with Gasteiger partial charge in [0, 0.05) is 31.4 Å². The summed E-state index contributed by atoms with van der Waals surface area (Å²) >= 11 is 0. The Balaban J connectivity index is 1.81. The second-order valence-electron chi connectivity index (χ2n) is 5.50. The Morgan fingerprint density at radius 3 is 2.65 bits per heavy atom. The smallest absolute Gasteiger partial charge is 0.0594 e. The van der Waals surface area contributed by atoms with Crippen LogP contribution in [0.25, 0.3) is 0 Å². The van der Waals surface area contributed by atoms with Crippen LogP contribution in [0.2, 0.25) is 0 Å². The van der Waals surface area contributed by atoms with Crippen molar-refractivity contribution in [2.24, 2.45) is 0 Å². The molecule has 1 fully saturated rings. The summed E-state index contributed by atoms with van der Waals surface area (Å²) in [4.78, 5) is 2.44. The highest BCUT2D eigenvalue weighted by Gasteiger charge is 2.10. The van der Waals surface area contributed by atoms with Crippen LogP contribution in [0.15, 0.2) is 36.9 Å². The summed E-state index contributed by atoms with van der Waals surface area (Å²) in [5.41, 5.74) is 2.57. The fraction of sp³-hybridized carbons (Fsp3) is 0.529. The Hall–Kier alpha value is -1.32. The lowest BCUT2D eigenvalue weighted by Gasteiger charge is -2.26. The van der Waals surface area contributed by atoms with E-state index in [9.17, 15) is 0 Å².